The number of rotatable bonds is 12. The lowest BCUT2D eigenvalue weighted by Gasteiger charge is -2.36. The maximum absolute atomic E-state index is 14.3. The number of phenols is 1. The number of pyridine rings is 1. The molecule has 6 rings (SSSR count). The van der Waals surface area contributed by atoms with Gasteiger partial charge in [0.05, 0.1) is 23.9 Å². The molecule has 2 atom stereocenters. The van der Waals surface area contributed by atoms with E-state index in [-0.39, 0.29) is 54.4 Å². The van der Waals surface area contributed by atoms with Crippen LogP contribution in [0.2, 0.25) is 0 Å². The molecule has 1 unspecified atom stereocenters. The van der Waals surface area contributed by atoms with Gasteiger partial charge in [-0.25, -0.2) is 9.48 Å². The Balaban J connectivity index is 1.17. The number of esters is 1. The Morgan fingerprint density at radius 3 is 2.46 bits per heavy atom. The van der Waals surface area contributed by atoms with Crippen LogP contribution < -0.4 is 9.61 Å². The normalized spacial score (nSPS) is 16.6. The van der Waals surface area contributed by atoms with Gasteiger partial charge >= 0.3 is 13.5 Å². The third kappa shape index (κ3) is 7.50. The highest BCUT2D eigenvalue weighted by Gasteiger charge is 2.38. The summed E-state index contributed by atoms with van der Waals surface area (Å²) in [7, 11) is -3.56. The van der Waals surface area contributed by atoms with Crippen molar-refractivity contribution < 1.29 is 37.7 Å². The van der Waals surface area contributed by atoms with Gasteiger partial charge in [-0.2, -0.15) is 0 Å². The molecule has 0 saturated carbocycles. The van der Waals surface area contributed by atoms with Crippen molar-refractivity contribution in [2.75, 3.05) is 45.5 Å². The number of aromatic hydroxyl groups is 1. The predicted molar refractivity (Wildman–Crippen MR) is 185 cm³/mol. The summed E-state index contributed by atoms with van der Waals surface area (Å²) in [6.07, 6.45) is 1.60. The molecular weight excluding hydrogens is 664 g/mol. The fourth-order valence-electron chi connectivity index (χ4n) is 6.35. The molecule has 1 saturated heterocycles. The summed E-state index contributed by atoms with van der Waals surface area (Å²) in [6.45, 7) is 5.82. The van der Waals surface area contributed by atoms with Crippen LogP contribution in [0.1, 0.15) is 45.7 Å². The second-order valence-corrected chi connectivity index (χ2v) is 14.5. The molecule has 262 valence electrons. The monoisotopic (exact) mass is 703 g/mol. The lowest BCUT2D eigenvalue weighted by atomic mass is 9.95. The van der Waals surface area contributed by atoms with E-state index in [0.717, 1.165) is 0 Å². The lowest BCUT2D eigenvalue weighted by Crippen LogP contribution is -2.49. The number of carbonyl (C=O) groups excluding carboxylic acids is 3. The number of hydrogen-bond acceptors (Lipinski definition) is 9. The minimum absolute atomic E-state index is 0.0546. The highest BCUT2D eigenvalue weighted by atomic mass is 31.2. The third-order valence-corrected chi connectivity index (χ3v) is 11.0. The molecule has 3 aromatic carbocycles. The van der Waals surface area contributed by atoms with E-state index in [1.807, 2.05) is 6.07 Å². The maximum atomic E-state index is 14.3. The minimum atomic E-state index is -3.56. The lowest BCUT2D eigenvalue weighted by molar-refractivity contribution is -0.144. The van der Waals surface area contributed by atoms with Gasteiger partial charge in [-0.1, -0.05) is 36.4 Å². The van der Waals surface area contributed by atoms with E-state index in [1.165, 1.54) is 23.2 Å². The van der Waals surface area contributed by atoms with Gasteiger partial charge in [-0.15, -0.1) is 0 Å². The molecule has 1 aromatic heterocycles. The fourth-order valence-corrected chi connectivity index (χ4v) is 8.32. The van der Waals surface area contributed by atoms with Crippen LogP contribution in [0.3, 0.4) is 0 Å². The van der Waals surface area contributed by atoms with Crippen molar-refractivity contribution in [3.8, 4) is 11.5 Å². The van der Waals surface area contributed by atoms with Crippen molar-refractivity contribution in [1.29, 1.82) is 0 Å². The standard InChI is InChI=1S/C36H39FN5O7P/c1-3-48-36(46)24(2)39-50(47,49-27-8-5-4-6-9-27)21-20-40-16-18-41(19-17-40)34(44)30-28-10-7-15-38-32(28)33(43)31-29(30)23-42(35(31)45)22-25-11-13-26(37)14-12-25/h4-15,24,43H,3,16-23H2,1-2H3,(H,39,47)/t24-,50?/m0/s1. The van der Waals surface area contributed by atoms with Crippen molar-refractivity contribution in [2.24, 2.45) is 0 Å². The van der Waals surface area contributed by atoms with Crippen LogP contribution in [0, 0.1) is 5.82 Å². The molecule has 14 heteroatoms. The van der Waals surface area contributed by atoms with Crippen molar-refractivity contribution in [1.82, 2.24) is 24.8 Å². The van der Waals surface area contributed by atoms with E-state index in [4.69, 9.17) is 9.26 Å². The first-order chi connectivity index (χ1) is 24.1. The zero-order chi connectivity index (χ0) is 35.4. The van der Waals surface area contributed by atoms with Crippen molar-refractivity contribution in [2.45, 2.75) is 33.0 Å². The highest BCUT2D eigenvalue weighted by Crippen LogP contribution is 2.44. The number of fused-ring (bicyclic) bond motifs is 2. The molecule has 0 bridgehead atoms. The largest absolute Gasteiger partial charge is 0.505 e. The molecule has 50 heavy (non-hydrogen) atoms. The SMILES string of the molecule is CCOC(=O)[C@H](C)NP(=O)(CCN1CCN(C(=O)c2c3c(c(O)c4ncccc24)C(=O)N(Cc2ccc(F)cc2)C3)CC1)Oc1ccccc1. The number of nitrogens with one attached hydrogen (secondary N) is 1. The molecule has 12 nitrogen and oxygen atoms in total. The summed E-state index contributed by atoms with van der Waals surface area (Å²) in [5.41, 5.74) is 1.69. The maximum Gasteiger partial charge on any atom is 0.323 e. The number of carbonyl (C=O) groups is 3. The van der Waals surface area contributed by atoms with Gasteiger partial charge < -0.3 is 24.2 Å². The van der Waals surface area contributed by atoms with Gasteiger partial charge in [0.1, 0.15) is 23.1 Å². The summed E-state index contributed by atoms with van der Waals surface area (Å²) >= 11 is 0. The second kappa shape index (κ2) is 15.0. The van der Waals surface area contributed by atoms with Crippen molar-refractivity contribution in [3.63, 3.8) is 0 Å². The number of aromatic nitrogens is 1. The summed E-state index contributed by atoms with van der Waals surface area (Å²) in [5, 5.41) is 14.5. The van der Waals surface area contributed by atoms with Crippen molar-refractivity contribution >= 4 is 36.2 Å². The Bertz CT molecular complexity index is 1940. The molecule has 1 fully saturated rings. The van der Waals surface area contributed by atoms with Gasteiger partial charge in [0, 0.05) is 63.0 Å². The average Bonchev–Trinajstić information content (AvgIpc) is 3.44. The first kappa shape index (κ1) is 35.0. The topological polar surface area (TPSA) is 142 Å². The van der Waals surface area contributed by atoms with E-state index in [2.05, 4.69) is 15.0 Å². The van der Waals surface area contributed by atoms with Crippen LogP contribution in [-0.2, 0) is 27.2 Å². The third-order valence-electron chi connectivity index (χ3n) is 8.89. The van der Waals surface area contributed by atoms with Crippen LogP contribution in [-0.4, -0.2) is 94.1 Å². The molecule has 4 aromatic rings. The van der Waals surface area contributed by atoms with Gasteiger partial charge in [0.25, 0.3) is 11.8 Å². The number of piperazine rings is 1. The Labute approximate surface area is 289 Å². The molecule has 0 spiro atoms. The van der Waals surface area contributed by atoms with E-state index >= 15 is 0 Å². The van der Waals surface area contributed by atoms with Crippen LogP contribution in [0.15, 0.2) is 72.9 Å². The molecule has 2 aliphatic rings. The minimum Gasteiger partial charge on any atom is -0.505 e. The summed E-state index contributed by atoms with van der Waals surface area (Å²) < 4.78 is 38.6. The number of benzene rings is 3. The molecule has 2 N–H and O–H groups in total. The predicted octanol–water partition coefficient (Wildman–Crippen LogP) is 4.81. The van der Waals surface area contributed by atoms with Crippen molar-refractivity contribution in [3.05, 3.63) is 101 Å². The molecule has 0 aliphatic carbocycles. The summed E-state index contributed by atoms with van der Waals surface area (Å²) in [6, 6.07) is 17.1. The zero-order valence-electron chi connectivity index (χ0n) is 27.9. The number of amides is 2. The van der Waals surface area contributed by atoms with E-state index in [9.17, 15) is 28.4 Å². The van der Waals surface area contributed by atoms with Crippen LogP contribution in [0.25, 0.3) is 10.9 Å². The van der Waals surface area contributed by atoms with Crippen LogP contribution in [0.4, 0.5) is 4.39 Å². The Hall–Kier alpha value is -4.84. The fraction of sp³-hybridized carbons (Fsp3) is 0.333. The van der Waals surface area contributed by atoms with E-state index in [1.54, 1.807) is 67.3 Å². The molecule has 3 heterocycles. The van der Waals surface area contributed by atoms with Crippen LogP contribution in [0.5, 0.6) is 11.5 Å². The first-order valence-corrected chi connectivity index (χ1v) is 18.3. The number of halogens is 1. The number of hydrogen-bond donors (Lipinski definition) is 2. The Morgan fingerprint density at radius 1 is 1.04 bits per heavy atom. The first-order valence-electron chi connectivity index (χ1n) is 16.5. The van der Waals surface area contributed by atoms with Gasteiger partial charge in [-0.05, 0) is 49.7 Å². The molecule has 0 radical (unpaired) electrons. The summed E-state index contributed by atoms with van der Waals surface area (Å²) in [4.78, 5) is 49.8. The number of para-hydroxylation sites is 1. The number of ether oxygens (including phenoxy) is 1. The van der Waals surface area contributed by atoms with Gasteiger partial charge in [-0.3, -0.25) is 28.8 Å². The molecule has 2 amide bonds. The van der Waals surface area contributed by atoms with Gasteiger partial charge in [0.15, 0.2) is 5.75 Å². The molecular formula is C36H39FN5O7P. The number of phenolic OH excluding ortho intramolecular Hbond substituents is 1. The Morgan fingerprint density at radius 2 is 1.76 bits per heavy atom. The smallest absolute Gasteiger partial charge is 0.323 e. The van der Waals surface area contributed by atoms with E-state index in [0.29, 0.717) is 60.5 Å². The second-order valence-electron chi connectivity index (χ2n) is 12.3. The average molecular weight is 704 g/mol. The quantitative estimate of drug-likeness (QED) is 0.156. The number of nitrogens with zero attached hydrogens (tertiary/aromatic N) is 4. The van der Waals surface area contributed by atoms with E-state index < -0.39 is 25.4 Å². The van der Waals surface area contributed by atoms with Gasteiger partial charge in [0.2, 0.25) is 0 Å². The van der Waals surface area contributed by atoms with Crippen LogP contribution >= 0.6 is 7.52 Å². The summed E-state index contributed by atoms with van der Waals surface area (Å²) in [5.74, 6) is -1.48. The highest BCUT2D eigenvalue weighted by molar-refractivity contribution is 7.57. The Kier molecular flexibility index (Phi) is 10.5. The molecule has 2 aliphatic heterocycles. The zero-order valence-corrected chi connectivity index (χ0v) is 28.8.